The first-order chi connectivity index (χ1) is 10.7. The molecule has 2 N–H and O–H groups in total. The molecule has 0 radical (unpaired) electrons. The van der Waals surface area contributed by atoms with Gasteiger partial charge in [0.2, 0.25) is 0 Å². The molecule has 0 aliphatic carbocycles. The van der Waals surface area contributed by atoms with Crippen molar-refractivity contribution in [2.45, 2.75) is 32.7 Å². The van der Waals surface area contributed by atoms with E-state index in [1.807, 2.05) is 0 Å². The second kappa shape index (κ2) is 7.08. The van der Waals surface area contributed by atoms with Gasteiger partial charge in [-0.05, 0) is 28.7 Å². The molecule has 2 rings (SSSR count). The maximum atomic E-state index is 10.00. The lowest BCUT2D eigenvalue weighted by Gasteiger charge is -2.19. The molecule has 0 saturated heterocycles. The monoisotopic (exact) mass is 367 g/mol. The Morgan fingerprint density at radius 2 is 1.74 bits per heavy atom. The standard InChI is InChI=1S/C18H19Cl2NOS/c1-18(2,3)12-6-4-11(5-7-12)10-21-17(23)14-8-13(19)9-15(20)16(14)22/h4-9,22H,10H2,1-3H3,(H,21,23). The number of benzene rings is 2. The summed E-state index contributed by atoms with van der Waals surface area (Å²) in [6.45, 7) is 7.11. The minimum absolute atomic E-state index is 0.0587. The van der Waals surface area contributed by atoms with Crippen molar-refractivity contribution in [2.75, 3.05) is 0 Å². The van der Waals surface area contributed by atoms with Gasteiger partial charge in [0.05, 0.1) is 10.6 Å². The van der Waals surface area contributed by atoms with Crippen LogP contribution in [0.2, 0.25) is 10.0 Å². The van der Waals surface area contributed by atoms with Gasteiger partial charge in [-0.25, -0.2) is 0 Å². The topological polar surface area (TPSA) is 32.3 Å². The number of hydrogen-bond donors (Lipinski definition) is 2. The first-order valence-electron chi connectivity index (χ1n) is 7.24. The summed E-state index contributed by atoms with van der Waals surface area (Å²) >= 11 is 17.2. The van der Waals surface area contributed by atoms with Crippen LogP contribution >= 0.6 is 35.4 Å². The fraction of sp³-hybridized carbons (Fsp3) is 0.278. The van der Waals surface area contributed by atoms with Gasteiger partial charge < -0.3 is 10.4 Å². The van der Waals surface area contributed by atoms with Crippen LogP contribution in [0.5, 0.6) is 5.75 Å². The predicted octanol–water partition coefficient (Wildman–Crippen LogP) is 5.46. The summed E-state index contributed by atoms with van der Waals surface area (Å²) in [5.74, 6) is -0.0587. The first-order valence-corrected chi connectivity index (χ1v) is 8.40. The van der Waals surface area contributed by atoms with Crippen molar-refractivity contribution in [3.63, 3.8) is 0 Å². The number of aromatic hydroxyl groups is 1. The van der Waals surface area contributed by atoms with E-state index in [4.69, 9.17) is 35.4 Å². The van der Waals surface area contributed by atoms with E-state index in [9.17, 15) is 5.11 Å². The molecule has 0 heterocycles. The maximum Gasteiger partial charge on any atom is 0.144 e. The number of halogens is 2. The second-order valence-corrected chi connectivity index (χ2v) is 7.67. The van der Waals surface area contributed by atoms with Crippen molar-refractivity contribution < 1.29 is 5.11 Å². The van der Waals surface area contributed by atoms with Crippen LogP contribution in [0.4, 0.5) is 0 Å². The minimum atomic E-state index is -0.0587. The largest absolute Gasteiger partial charge is 0.506 e. The Morgan fingerprint density at radius 1 is 1.13 bits per heavy atom. The molecule has 0 spiro atoms. The van der Waals surface area contributed by atoms with Gasteiger partial charge in [0.25, 0.3) is 0 Å². The van der Waals surface area contributed by atoms with E-state index in [1.165, 1.54) is 11.6 Å². The summed E-state index contributed by atoms with van der Waals surface area (Å²) in [5.41, 5.74) is 2.95. The molecule has 0 saturated carbocycles. The van der Waals surface area contributed by atoms with Gasteiger partial charge in [-0.1, -0.05) is 80.5 Å². The molecule has 0 aliphatic heterocycles. The Hall–Kier alpha value is -1.29. The summed E-state index contributed by atoms with van der Waals surface area (Å²) in [6, 6.07) is 11.5. The van der Waals surface area contributed by atoms with Gasteiger partial charge in [0.1, 0.15) is 10.7 Å². The summed E-state index contributed by atoms with van der Waals surface area (Å²) in [4.78, 5) is 0.409. The van der Waals surface area contributed by atoms with Crippen LogP contribution in [0.3, 0.4) is 0 Å². The normalized spacial score (nSPS) is 11.3. The number of phenolic OH excluding ortho intramolecular Hbond substituents is 1. The van der Waals surface area contributed by atoms with Gasteiger partial charge in [0, 0.05) is 11.6 Å². The molecule has 0 fully saturated rings. The van der Waals surface area contributed by atoms with Crippen molar-refractivity contribution in [3.05, 3.63) is 63.1 Å². The number of thiocarbonyl (C=S) groups is 1. The van der Waals surface area contributed by atoms with Crippen LogP contribution in [0.25, 0.3) is 0 Å². The summed E-state index contributed by atoms with van der Waals surface area (Å²) in [6.07, 6.45) is 0. The highest BCUT2D eigenvalue weighted by Gasteiger charge is 2.14. The molecule has 0 aromatic heterocycles. The molecule has 0 amide bonds. The highest BCUT2D eigenvalue weighted by atomic mass is 35.5. The lowest BCUT2D eigenvalue weighted by Crippen LogP contribution is -2.22. The number of nitrogens with one attached hydrogen (secondary N) is 1. The summed E-state index contributed by atoms with van der Waals surface area (Å²) < 4.78 is 0. The van der Waals surface area contributed by atoms with Crippen LogP contribution in [-0.2, 0) is 12.0 Å². The molecule has 5 heteroatoms. The van der Waals surface area contributed by atoms with Crippen molar-refractivity contribution in [2.24, 2.45) is 0 Å². The Kier molecular flexibility index (Phi) is 5.56. The van der Waals surface area contributed by atoms with Gasteiger partial charge in [-0.3, -0.25) is 0 Å². The fourth-order valence-corrected chi connectivity index (χ4v) is 2.86. The highest BCUT2D eigenvalue weighted by Crippen LogP contribution is 2.31. The first kappa shape index (κ1) is 18.1. The van der Waals surface area contributed by atoms with Crippen LogP contribution in [0.15, 0.2) is 36.4 Å². The third-order valence-electron chi connectivity index (χ3n) is 3.55. The maximum absolute atomic E-state index is 10.00. The average molecular weight is 368 g/mol. The molecule has 2 aromatic carbocycles. The van der Waals surface area contributed by atoms with E-state index in [2.05, 4.69) is 50.4 Å². The van der Waals surface area contributed by atoms with E-state index < -0.39 is 0 Å². The average Bonchev–Trinajstić information content (AvgIpc) is 2.48. The lowest BCUT2D eigenvalue weighted by atomic mass is 9.87. The van der Waals surface area contributed by atoms with Gasteiger partial charge in [-0.2, -0.15) is 0 Å². The third kappa shape index (κ3) is 4.60. The van der Waals surface area contributed by atoms with E-state index in [0.717, 1.165) is 5.56 Å². The van der Waals surface area contributed by atoms with E-state index in [-0.39, 0.29) is 16.2 Å². The Morgan fingerprint density at radius 3 is 2.30 bits per heavy atom. The smallest absolute Gasteiger partial charge is 0.144 e. The zero-order valence-electron chi connectivity index (χ0n) is 13.3. The molecular weight excluding hydrogens is 349 g/mol. The van der Waals surface area contributed by atoms with Gasteiger partial charge in [0.15, 0.2) is 0 Å². The molecule has 0 unspecified atom stereocenters. The van der Waals surface area contributed by atoms with Crippen molar-refractivity contribution in [3.8, 4) is 5.75 Å². The molecular formula is C18H19Cl2NOS. The molecule has 122 valence electrons. The molecule has 0 bridgehead atoms. The fourth-order valence-electron chi connectivity index (χ4n) is 2.14. The third-order valence-corrected chi connectivity index (χ3v) is 4.42. The Bertz CT molecular complexity index is 721. The molecule has 0 atom stereocenters. The van der Waals surface area contributed by atoms with Crippen molar-refractivity contribution in [1.29, 1.82) is 0 Å². The van der Waals surface area contributed by atoms with Gasteiger partial charge >= 0.3 is 0 Å². The van der Waals surface area contributed by atoms with E-state index in [0.29, 0.717) is 22.1 Å². The molecule has 2 aromatic rings. The summed E-state index contributed by atoms with van der Waals surface area (Å²) in [5, 5.41) is 13.7. The quantitative estimate of drug-likeness (QED) is 0.706. The van der Waals surface area contributed by atoms with Gasteiger partial charge in [-0.15, -0.1) is 0 Å². The van der Waals surface area contributed by atoms with Crippen molar-refractivity contribution >= 4 is 40.4 Å². The molecule has 0 aliphatic rings. The number of hydrogen-bond acceptors (Lipinski definition) is 2. The number of phenols is 1. The Labute approximate surface area is 152 Å². The highest BCUT2D eigenvalue weighted by molar-refractivity contribution is 7.80. The zero-order valence-corrected chi connectivity index (χ0v) is 15.6. The zero-order chi connectivity index (χ0) is 17.2. The Balaban J connectivity index is 2.08. The number of rotatable bonds is 3. The molecule has 23 heavy (non-hydrogen) atoms. The van der Waals surface area contributed by atoms with Crippen LogP contribution in [0, 0.1) is 0 Å². The van der Waals surface area contributed by atoms with Crippen LogP contribution < -0.4 is 5.32 Å². The van der Waals surface area contributed by atoms with E-state index >= 15 is 0 Å². The van der Waals surface area contributed by atoms with Crippen LogP contribution in [-0.4, -0.2) is 10.1 Å². The molecule has 2 nitrogen and oxygen atoms in total. The second-order valence-electron chi connectivity index (χ2n) is 6.41. The van der Waals surface area contributed by atoms with E-state index in [1.54, 1.807) is 6.07 Å². The SMILES string of the molecule is CC(C)(C)c1ccc(CNC(=S)c2cc(Cl)cc(Cl)c2O)cc1. The minimum Gasteiger partial charge on any atom is -0.506 e. The lowest BCUT2D eigenvalue weighted by molar-refractivity contribution is 0.474. The predicted molar refractivity (Wildman–Crippen MR) is 102 cm³/mol. The van der Waals surface area contributed by atoms with Crippen molar-refractivity contribution in [1.82, 2.24) is 5.32 Å². The summed E-state index contributed by atoms with van der Waals surface area (Å²) in [7, 11) is 0. The van der Waals surface area contributed by atoms with Crippen LogP contribution in [0.1, 0.15) is 37.5 Å².